The van der Waals surface area contributed by atoms with Crippen LogP contribution in [0.3, 0.4) is 0 Å². The molecule has 1 aromatic heterocycles. The van der Waals surface area contributed by atoms with Crippen molar-refractivity contribution in [2.45, 2.75) is 6.54 Å². The van der Waals surface area contributed by atoms with E-state index in [0.717, 1.165) is 15.9 Å². The summed E-state index contributed by atoms with van der Waals surface area (Å²) in [4.78, 5) is 37.5. The second kappa shape index (κ2) is 7.65. The lowest BCUT2D eigenvalue weighted by Gasteiger charge is -2.15. The first-order valence-corrected chi connectivity index (χ1v) is 7.66. The minimum atomic E-state index is -0.440. The Morgan fingerprint density at radius 2 is 1.84 bits per heavy atom. The minimum absolute atomic E-state index is 0.244. The van der Waals surface area contributed by atoms with Crippen LogP contribution in [-0.2, 0) is 25.4 Å². The van der Waals surface area contributed by atoms with Crippen LogP contribution in [0.4, 0.5) is 0 Å². The monoisotopic (exact) mass is 343 g/mol. The van der Waals surface area contributed by atoms with Crippen molar-refractivity contribution in [1.82, 2.24) is 14.0 Å². The lowest BCUT2D eigenvalue weighted by molar-refractivity contribution is -0.125. The molecule has 1 aromatic carbocycles. The molecule has 1 amide bonds. The summed E-state index contributed by atoms with van der Waals surface area (Å²) in [7, 11) is 6.23. The van der Waals surface area contributed by atoms with Gasteiger partial charge in [0.05, 0.1) is 12.7 Å². The number of rotatable bonds is 5. The van der Waals surface area contributed by atoms with E-state index < -0.39 is 11.2 Å². The molecule has 0 spiro atoms. The maximum atomic E-state index is 12.2. The Hall–Kier alpha value is -3.09. The van der Waals surface area contributed by atoms with Gasteiger partial charge in [0, 0.05) is 40.0 Å². The number of likely N-dealkylation sites (N-methyl/N-ethyl adjacent to an activating group) is 1. The van der Waals surface area contributed by atoms with Crippen LogP contribution in [0, 0.1) is 0 Å². The van der Waals surface area contributed by atoms with Gasteiger partial charge in [0.25, 0.3) is 5.56 Å². The number of aromatic nitrogens is 2. The molecule has 0 fully saturated rings. The van der Waals surface area contributed by atoms with Gasteiger partial charge < -0.3 is 14.2 Å². The van der Waals surface area contributed by atoms with Gasteiger partial charge in [-0.3, -0.25) is 14.2 Å². The van der Waals surface area contributed by atoms with E-state index in [1.54, 1.807) is 21.2 Å². The molecule has 0 saturated heterocycles. The Kier molecular flexibility index (Phi) is 5.59. The largest absolute Gasteiger partial charge is 0.497 e. The highest BCUT2D eigenvalue weighted by molar-refractivity contribution is 5.91. The summed E-state index contributed by atoms with van der Waals surface area (Å²) >= 11 is 0. The van der Waals surface area contributed by atoms with Crippen molar-refractivity contribution in [3.05, 3.63) is 68.5 Å². The number of amides is 1. The number of methoxy groups -OCH3 is 1. The highest BCUT2D eigenvalue weighted by atomic mass is 16.5. The highest BCUT2D eigenvalue weighted by Crippen LogP contribution is 2.12. The summed E-state index contributed by atoms with van der Waals surface area (Å²) in [6.07, 6.45) is 4.16. The zero-order valence-electron chi connectivity index (χ0n) is 14.7. The quantitative estimate of drug-likeness (QED) is 0.752. The number of hydrogen-bond donors (Lipinski definition) is 0. The predicted molar refractivity (Wildman–Crippen MR) is 95.4 cm³/mol. The van der Waals surface area contributed by atoms with Gasteiger partial charge in [-0.15, -0.1) is 0 Å². The number of carbonyl (C=O) groups is 1. The van der Waals surface area contributed by atoms with E-state index in [9.17, 15) is 14.4 Å². The molecule has 2 aromatic rings. The molecule has 7 nitrogen and oxygen atoms in total. The van der Waals surface area contributed by atoms with Crippen LogP contribution in [0.15, 0.2) is 46.1 Å². The average molecular weight is 343 g/mol. The number of aryl methyl sites for hydroxylation is 1. The van der Waals surface area contributed by atoms with E-state index >= 15 is 0 Å². The van der Waals surface area contributed by atoms with Crippen molar-refractivity contribution in [3.63, 3.8) is 0 Å². The summed E-state index contributed by atoms with van der Waals surface area (Å²) < 4.78 is 7.40. The maximum absolute atomic E-state index is 12.2. The molecule has 0 aliphatic carbocycles. The molecule has 2 rings (SSSR count). The van der Waals surface area contributed by atoms with Crippen molar-refractivity contribution < 1.29 is 9.53 Å². The van der Waals surface area contributed by atoms with Crippen molar-refractivity contribution in [2.75, 3.05) is 14.2 Å². The molecule has 0 bridgehead atoms. The maximum Gasteiger partial charge on any atom is 0.330 e. The Morgan fingerprint density at radius 3 is 2.44 bits per heavy atom. The number of hydrogen-bond acceptors (Lipinski definition) is 4. The van der Waals surface area contributed by atoms with Crippen LogP contribution in [0.2, 0.25) is 0 Å². The smallest absolute Gasteiger partial charge is 0.330 e. The molecular weight excluding hydrogens is 322 g/mol. The van der Waals surface area contributed by atoms with Gasteiger partial charge in [0.1, 0.15) is 5.75 Å². The Morgan fingerprint density at radius 1 is 1.20 bits per heavy atom. The molecule has 132 valence electrons. The average Bonchev–Trinajstić information content (AvgIpc) is 2.62. The summed E-state index contributed by atoms with van der Waals surface area (Å²) in [6, 6.07) is 7.43. The summed E-state index contributed by atoms with van der Waals surface area (Å²) in [5.41, 5.74) is 0.383. The fourth-order valence-electron chi connectivity index (χ4n) is 2.32. The molecular formula is C18H21N3O4. The van der Waals surface area contributed by atoms with Crippen molar-refractivity contribution in [1.29, 1.82) is 0 Å². The van der Waals surface area contributed by atoms with E-state index in [2.05, 4.69) is 0 Å². The van der Waals surface area contributed by atoms with Gasteiger partial charge in [0.2, 0.25) is 5.91 Å². The number of nitrogens with zero attached hydrogens (tertiary/aromatic N) is 3. The molecule has 0 unspecified atom stereocenters. The van der Waals surface area contributed by atoms with Gasteiger partial charge in [-0.1, -0.05) is 12.1 Å². The van der Waals surface area contributed by atoms with Crippen molar-refractivity contribution >= 4 is 12.0 Å². The number of benzene rings is 1. The number of carbonyl (C=O) groups excluding carboxylic acids is 1. The Labute approximate surface area is 145 Å². The van der Waals surface area contributed by atoms with E-state index in [-0.39, 0.29) is 11.5 Å². The van der Waals surface area contributed by atoms with E-state index in [1.807, 2.05) is 24.3 Å². The Bertz CT molecular complexity index is 907. The molecule has 0 atom stereocenters. The van der Waals surface area contributed by atoms with E-state index in [0.29, 0.717) is 6.54 Å². The third kappa shape index (κ3) is 4.26. The SMILES string of the molecule is COc1ccc(CN(C)C(=O)/C=C/c2cn(C)c(=O)n(C)c2=O)cc1. The van der Waals surface area contributed by atoms with Crippen LogP contribution in [0.5, 0.6) is 5.75 Å². The highest BCUT2D eigenvalue weighted by Gasteiger charge is 2.08. The minimum Gasteiger partial charge on any atom is -0.497 e. The summed E-state index contributed by atoms with van der Waals surface area (Å²) in [5.74, 6) is 0.509. The van der Waals surface area contributed by atoms with E-state index in [1.165, 1.54) is 34.9 Å². The molecule has 1 heterocycles. The second-order valence-corrected chi connectivity index (χ2v) is 5.72. The first-order valence-electron chi connectivity index (χ1n) is 7.66. The second-order valence-electron chi connectivity index (χ2n) is 5.72. The van der Waals surface area contributed by atoms with Crippen LogP contribution in [0.25, 0.3) is 6.08 Å². The molecule has 0 N–H and O–H groups in total. The standard InChI is InChI=1S/C18H21N3O4/c1-19(11-13-5-8-15(25-4)9-6-13)16(22)10-7-14-12-20(2)18(24)21(3)17(14)23/h5-10,12H,11H2,1-4H3/b10-7+. The zero-order valence-corrected chi connectivity index (χ0v) is 14.7. The third-order valence-corrected chi connectivity index (χ3v) is 3.83. The fourth-order valence-corrected chi connectivity index (χ4v) is 2.32. The number of ether oxygens (including phenoxy) is 1. The molecule has 7 heteroatoms. The van der Waals surface area contributed by atoms with Crippen LogP contribution in [0.1, 0.15) is 11.1 Å². The van der Waals surface area contributed by atoms with Gasteiger partial charge in [-0.25, -0.2) is 4.79 Å². The molecule has 0 aliphatic rings. The van der Waals surface area contributed by atoms with E-state index in [4.69, 9.17) is 4.74 Å². The van der Waals surface area contributed by atoms with Crippen molar-refractivity contribution in [3.8, 4) is 5.75 Å². The summed E-state index contributed by atoms with van der Waals surface area (Å²) in [5, 5.41) is 0. The molecule has 25 heavy (non-hydrogen) atoms. The molecule has 0 aliphatic heterocycles. The van der Waals surface area contributed by atoms with Gasteiger partial charge >= 0.3 is 5.69 Å². The zero-order chi connectivity index (χ0) is 18.6. The fraction of sp³-hybridized carbons (Fsp3) is 0.278. The first-order chi connectivity index (χ1) is 11.8. The van der Waals surface area contributed by atoms with Gasteiger partial charge in [0.15, 0.2) is 0 Å². The van der Waals surface area contributed by atoms with Crippen LogP contribution < -0.4 is 16.0 Å². The van der Waals surface area contributed by atoms with Crippen LogP contribution >= 0.6 is 0 Å². The molecule has 0 saturated carbocycles. The van der Waals surface area contributed by atoms with Gasteiger partial charge in [-0.05, 0) is 23.8 Å². The predicted octanol–water partition coefficient (Wildman–Crippen LogP) is 0.764. The normalized spacial score (nSPS) is 10.9. The van der Waals surface area contributed by atoms with Crippen LogP contribution in [-0.4, -0.2) is 34.1 Å². The Balaban J connectivity index is 2.11. The van der Waals surface area contributed by atoms with Crippen molar-refractivity contribution in [2.24, 2.45) is 14.1 Å². The lowest BCUT2D eigenvalue weighted by Crippen LogP contribution is -2.37. The summed E-state index contributed by atoms with van der Waals surface area (Å²) in [6.45, 7) is 0.429. The van der Waals surface area contributed by atoms with Gasteiger partial charge in [-0.2, -0.15) is 0 Å². The topological polar surface area (TPSA) is 73.5 Å². The first kappa shape index (κ1) is 18.3. The lowest BCUT2D eigenvalue weighted by atomic mass is 10.2. The third-order valence-electron chi connectivity index (χ3n) is 3.83. The molecule has 0 radical (unpaired) electrons.